The van der Waals surface area contributed by atoms with Gasteiger partial charge < -0.3 is 4.74 Å². The summed E-state index contributed by atoms with van der Waals surface area (Å²) in [5, 5.41) is 0. The first-order valence-electron chi connectivity index (χ1n) is 2.59. The Morgan fingerprint density at radius 3 is 2.60 bits per heavy atom. The number of aromatic nitrogens is 1. The molecule has 0 N–H and O–H groups in total. The fourth-order valence-corrected chi connectivity index (χ4v) is 1.69. The Bertz CT molecular complexity index is 219. The van der Waals surface area contributed by atoms with E-state index < -0.39 is 0 Å². The highest BCUT2D eigenvalue weighted by Gasteiger charge is 1.96. The molecule has 10 heavy (non-hydrogen) atoms. The minimum atomic E-state index is 0.598. The third-order valence-electron chi connectivity index (χ3n) is 0.944. The van der Waals surface area contributed by atoms with Gasteiger partial charge in [-0.1, -0.05) is 15.9 Å². The van der Waals surface area contributed by atoms with Crippen LogP contribution in [0.2, 0.25) is 0 Å². The van der Waals surface area contributed by atoms with Crippen LogP contribution in [0.1, 0.15) is 0 Å². The molecule has 1 aromatic rings. The normalized spacial score (nSPS) is 9.50. The molecule has 1 heterocycles. The zero-order valence-electron chi connectivity index (χ0n) is 5.27. The molecule has 54 valence electrons. The van der Waals surface area contributed by atoms with E-state index in [1.165, 1.54) is 0 Å². The second-order valence-corrected chi connectivity index (χ2v) is 3.38. The number of methoxy groups -OCH3 is 1. The van der Waals surface area contributed by atoms with E-state index in [1.807, 2.05) is 6.07 Å². The van der Waals surface area contributed by atoms with E-state index in [-0.39, 0.29) is 0 Å². The first kappa shape index (κ1) is 8.01. The lowest BCUT2D eigenvalue weighted by molar-refractivity contribution is 0.396. The zero-order valence-corrected chi connectivity index (χ0v) is 8.44. The summed E-state index contributed by atoms with van der Waals surface area (Å²) in [6.07, 6.45) is 0. The van der Waals surface area contributed by atoms with Crippen LogP contribution in [0.25, 0.3) is 0 Å². The van der Waals surface area contributed by atoms with Gasteiger partial charge in [-0.05, 0) is 22.0 Å². The molecular formula is C6H5Br2NO. The van der Waals surface area contributed by atoms with Gasteiger partial charge >= 0.3 is 0 Å². The van der Waals surface area contributed by atoms with Crippen molar-refractivity contribution in [1.29, 1.82) is 0 Å². The van der Waals surface area contributed by atoms with Crippen LogP contribution in [0.15, 0.2) is 21.2 Å². The molecule has 0 aliphatic rings. The first-order chi connectivity index (χ1) is 4.72. The lowest BCUT2D eigenvalue weighted by Gasteiger charge is -1.98. The third kappa shape index (κ3) is 1.95. The fraction of sp³-hybridized carbons (Fsp3) is 0.167. The van der Waals surface area contributed by atoms with Crippen LogP contribution in [-0.2, 0) is 0 Å². The minimum absolute atomic E-state index is 0.598. The number of rotatable bonds is 1. The van der Waals surface area contributed by atoms with Crippen LogP contribution < -0.4 is 4.74 Å². The summed E-state index contributed by atoms with van der Waals surface area (Å²) in [6.45, 7) is 0. The number of hydrogen-bond acceptors (Lipinski definition) is 2. The van der Waals surface area contributed by atoms with Crippen LogP contribution in [0, 0.1) is 0 Å². The molecule has 0 aromatic carbocycles. The third-order valence-corrected chi connectivity index (χ3v) is 1.81. The standard InChI is InChI=1S/C6H5Br2NO/c1-10-6-3-4(7)2-5(8)9-6/h2-3H,1H3. The fourth-order valence-electron chi connectivity index (χ4n) is 0.548. The molecule has 0 bridgehead atoms. The summed E-state index contributed by atoms with van der Waals surface area (Å²) in [4.78, 5) is 4.02. The van der Waals surface area contributed by atoms with E-state index in [9.17, 15) is 0 Å². The van der Waals surface area contributed by atoms with Gasteiger partial charge in [0.05, 0.1) is 7.11 Å². The molecular weight excluding hydrogens is 262 g/mol. The zero-order chi connectivity index (χ0) is 7.56. The Labute approximate surface area is 75.9 Å². The topological polar surface area (TPSA) is 22.1 Å². The molecule has 2 nitrogen and oxygen atoms in total. The van der Waals surface area contributed by atoms with Crippen LogP contribution in [0.4, 0.5) is 0 Å². The number of hydrogen-bond donors (Lipinski definition) is 0. The Hall–Kier alpha value is -0.0900. The predicted octanol–water partition coefficient (Wildman–Crippen LogP) is 2.62. The maximum Gasteiger partial charge on any atom is 0.215 e. The van der Waals surface area contributed by atoms with E-state index >= 15 is 0 Å². The Morgan fingerprint density at radius 1 is 1.40 bits per heavy atom. The molecule has 0 aliphatic carbocycles. The number of halogens is 2. The van der Waals surface area contributed by atoms with Crippen molar-refractivity contribution in [2.75, 3.05) is 7.11 Å². The van der Waals surface area contributed by atoms with E-state index in [0.29, 0.717) is 5.88 Å². The van der Waals surface area contributed by atoms with Crippen molar-refractivity contribution in [1.82, 2.24) is 4.98 Å². The summed E-state index contributed by atoms with van der Waals surface area (Å²) >= 11 is 6.54. The quantitative estimate of drug-likeness (QED) is 0.729. The number of pyridine rings is 1. The van der Waals surface area contributed by atoms with Gasteiger partial charge in [-0.25, -0.2) is 4.98 Å². The molecule has 0 spiro atoms. The van der Waals surface area contributed by atoms with E-state index in [2.05, 4.69) is 36.8 Å². The van der Waals surface area contributed by atoms with Crippen LogP contribution in [0.5, 0.6) is 5.88 Å². The van der Waals surface area contributed by atoms with E-state index in [4.69, 9.17) is 4.74 Å². The van der Waals surface area contributed by atoms with Gasteiger partial charge in [0.15, 0.2) is 0 Å². The molecule has 0 fully saturated rings. The van der Waals surface area contributed by atoms with Gasteiger partial charge in [0.1, 0.15) is 4.60 Å². The average molecular weight is 267 g/mol. The second kappa shape index (κ2) is 3.34. The van der Waals surface area contributed by atoms with Crippen LogP contribution in [-0.4, -0.2) is 12.1 Å². The molecule has 0 atom stereocenters. The average Bonchev–Trinajstić information content (AvgIpc) is 1.85. The van der Waals surface area contributed by atoms with Crippen molar-refractivity contribution < 1.29 is 4.74 Å². The summed E-state index contributed by atoms with van der Waals surface area (Å²) in [5.74, 6) is 0.598. The van der Waals surface area contributed by atoms with Crippen LogP contribution in [0.3, 0.4) is 0 Å². The highest BCUT2D eigenvalue weighted by Crippen LogP contribution is 2.20. The monoisotopic (exact) mass is 265 g/mol. The Morgan fingerprint density at radius 2 is 2.10 bits per heavy atom. The molecule has 0 saturated carbocycles. The highest BCUT2D eigenvalue weighted by atomic mass is 79.9. The number of ether oxygens (including phenoxy) is 1. The molecule has 0 radical (unpaired) electrons. The van der Waals surface area contributed by atoms with Crippen molar-refractivity contribution in [2.45, 2.75) is 0 Å². The highest BCUT2D eigenvalue weighted by molar-refractivity contribution is 9.11. The summed E-state index contributed by atoms with van der Waals surface area (Å²) in [6, 6.07) is 3.65. The molecule has 0 aliphatic heterocycles. The van der Waals surface area contributed by atoms with Crippen molar-refractivity contribution >= 4 is 31.9 Å². The van der Waals surface area contributed by atoms with Crippen molar-refractivity contribution in [3.05, 3.63) is 21.2 Å². The predicted molar refractivity (Wildman–Crippen MR) is 46.2 cm³/mol. The van der Waals surface area contributed by atoms with E-state index in [0.717, 1.165) is 9.08 Å². The molecule has 1 aromatic heterocycles. The van der Waals surface area contributed by atoms with Gasteiger partial charge in [0.25, 0.3) is 0 Å². The van der Waals surface area contributed by atoms with Crippen molar-refractivity contribution in [2.24, 2.45) is 0 Å². The molecule has 4 heteroatoms. The summed E-state index contributed by atoms with van der Waals surface area (Å²) in [7, 11) is 1.58. The SMILES string of the molecule is COc1cc(Br)cc(Br)n1. The molecule has 1 rings (SSSR count). The van der Waals surface area contributed by atoms with E-state index in [1.54, 1.807) is 13.2 Å². The molecule has 0 saturated heterocycles. The largest absolute Gasteiger partial charge is 0.481 e. The van der Waals surface area contributed by atoms with Crippen molar-refractivity contribution in [3.63, 3.8) is 0 Å². The van der Waals surface area contributed by atoms with Gasteiger partial charge in [-0.15, -0.1) is 0 Å². The van der Waals surface area contributed by atoms with Gasteiger partial charge in [-0.2, -0.15) is 0 Å². The minimum Gasteiger partial charge on any atom is -0.481 e. The second-order valence-electron chi connectivity index (χ2n) is 1.65. The molecule has 0 unspecified atom stereocenters. The van der Waals surface area contributed by atoms with Gasteiger partial charge in [0.2, 0.25) is 5.88 Å². The number of nitrogens with zero attached hydrogens (tertiary/aromatic N) is 1. The van der Waals surface area contributed by atoms with Crippen molar-refractivity contribution in [3.8, 4) is 5.88 Å². The van der Waals surface area contributed by atoms with Gasteiger partial charge in [0, 0.05) is 10.5 Å². The lowest BCUT2D eigenvalue weighted by atomic mass is 10.5. The smallest absolute Gasteiger partial charge is 0.215 e. The Kier molecular flexibility index (Phi) is 2.68. The summed E-state index contributed by atoms with van der Waals surface area (Å²) in [5.41, 5.74) is 0. The maximum absolute atomic E-state index is 4.90. The summed E-state index contributed by atoms with van der Waals surface area (Å²) < 4.78 is 6.62. The maximum atomic E-state index is 4.90. The van der Waals surface area contributed by atoms with Crippen LogP contribution >= 0.6 is 31.9 Å². The first-order valence-corrected chi connectivity index (χ1v) is 4.18. The lowest BCUT2D eigenvalue weighted by Crippen LogP contribution is -1.86. The Balaban J connectivity index is 3.06. The molecule has 0 amide bonds. The van der Waals surface area contributed by atoms with Gasteiger partial charge in [-0.3, -0.25) is 0 Å².